The summed E-state index contributed by atoms with van der Waals surface area (Å²) in [6, 6.07) is 4.58. The van der Waals surface area contributed by atoms with Crippen molar-refractivity contribution in [2.24, 2.45) is 0 Å². The van der Waals surface area contributed by atoms with E-state index in [1.54, 1.807) is 29.0 Å². The minimum atomic E-state index is -0.392. The maximum Gasteiger partial charge on any atom is 0.254 e. The molecule has 0 bridgehead atoms. The molecular weight excluding hydrogens is 387 g/mol. The van der Waals surface area contributed by atoms with Crippen molar-refractivity contribution >= 4 is 17.2 Å². The molecule has 1 aliphatic rings. The minimum Gasteiger partial charge on any atom is -0.367 e. The fourth-order valence-electron chi connectivity index (χ4n) is 3.83. The Morgan fingerprint density at radius 1 is 1.23 bits per heavy atom. The Morgan fingerprint density at radius 2 is 2.00 bits per heavy atom. The highest BCUT2D eigenvalue weighted by Gasteiger charge is 2.21. The molecule has 0 spiro atoms. The zero-order valence-electron chi connectivity index (χ0n) is 17.1. The second-order valence-electron chi connectivity index (χ2n) is 7.43. The number of aryl methyl sites for hydroxylation is 1. The number of H-pyrrole nitrogens is 1. The molecule has 158 valence electrons. The first-order valence-corrected chi connectivity index (χ1v) is 10.1. The molecule has 1 fully saturated rings. The number of aromatic nitrogens is 3. The number of carbonyl (C=O) groups is 1. The van der Waals surface area contributed by atoms with Crippen LogP contribution < -0.4 is 15.8 Å². The van der Waals surface area contributed by atoms with E-state index >= 15 is 0 Å². The van der Waals surface area contributed by atoms with Gasteiger partial charge in [0.25, 0.3) is 11.5 Å². The Balaban J connectivity index is 1.43. The summed E-state index contributed by atoms with van der Waals surface area (Å²) in [6.07, 6.45) is 4.22. The molecule has 0 aliphatic carbocycles. The monoisotopic (exact) mass is 412 g/mol. The number of nitrogens with zero attached hydrogens (tertiary/aromatic N) is 4. The molecule has 0 radical (unpaired) electrons. The normalized spacial score (nSPS) is 15.0. The first kappa shape index (κ1) is 20.1. The lowest BCUT2D eigenvalue weighted by molar-refractivity contribution is 0.0962. The number of carbonyl (C=O) groups excluding carboxylic acids is 1. The lowest BCUT2D eigenvalue weighted by Crippen LogP contribution is -2.46. The molecule has 1 aliphatic heterocycles. The van der Waals surface area contributed by atoms with Gasteiger partial charge < -0.3 is 15.2 Å². The molecule has 0 saturated carbocycles. The predicted molar refractivity (Wildman–Crippen MR) is 112 cm³/mol. The second kappa shape index (κ2) is 8.27. The van der Waals surface area contributed by atoms with Gasteiger partial charge in [-0.15, -0.1) is 0 Å². The van der Waals surface area contributed by atoms with Crippen LogP contribution in [0.1, 0.15) is 28.4 Å². The van der Waals surface area contributed by atoms with Crippen LogP contribution in [0.2, 0.25) is 0 Å². The van der Waals surface area contributed by atoms with Crippen molar-refractivity contribution in [3.63, 3.8) is 0 Å². The molecule has 1 amide bonds. The number of rotatable bonds is 5. The second-order valence-corrected chi connectivity index (χ2v) is 7.43. The molecular formula is C21H25FN6O2. The molecule has 3 aromatic rings. The first-order chi connectivity index (χ1) is 14.5. The third-order valence-electron chi connectivity index (χ3n) is 5.60. The number of benzene rings is 1. The quantitative estimate of drug-likeness (QED) is 0.662. The van der Waals surface area contributed by atoms with E-state index in [4.69, 9.17) is 0 Å². The van der Waals surface area contributed by atoms with Gasteiger partial charge in [0, 0.05) is 62.7 Å². The highest BCUT2D eigenvalue weighted by molar-refractivity contribution is 5.94. The van der Waals surface area contributed by atoms with E-state index in [1.165, 1.54) is 13.1 Å². The van der Waals surface area contributed by atoms with E-state index in [9.17, 15) is 14.0 Å². The summed E-state index contributed by atoms with van der Waals surface area (Å²) < 4.78 is 16.2. The Labute approximate surface area is 173 Å². The van der Waals surface area contributed by atoms with Gasteiger partial charge in [-0.05, 0) is 24.6 Å². The van der Waals surface area contributed by atoms with Crippen LogP contribution in [0.4, 0.5) is 10.1 Å². The first-order valence-electron chi connectivity index (χ1n) is 10.1. The number of aromatic amines is 1. The summed E-state index contributed by atoms with van der Waals surface area (Å²) in [5.74, 6) is -0.695. The van der Waals surface area contributed by atoms with Gasteiger partial charge in [-0.3, -0.25) is 14.5 Å². The average Bonchev–Trinajstić information content (AvgIpc) is 3.14. The average molecular weight is 412 g/mol. The fraction of sp³-hybridized carbons (Fsp3) is 0.381. The molecule has 9 heteroatoms. The lowest BCUT2D eigenvalue weighted by atomic mass is 10.1. The molecule has 30 heavy (non-hydrogen) atoms. The molecule has 8 nitrogen and oxygen atoms in total. The lowest BCUT2D eigenvalue weighted by Gasteiger charge is -2.36. The van der Waals surface area contributed by atoms with Crippen LogP contribution in [0, 0.1) is 5.82 Å². The van der Waals surface area contributed by atoms with E-state index in [0.29, 0.717) is 42.9 Å². The number of amides is 1. The number of fused-ring (bicyclic) bond motifs is 1. The minimum absolute atomic E-state index is 0.0766. The Morgan fingerprint density at radius 3 is 2.67 bits per heavy atom. The van der Waals surface area contributed by atoms with Crippen molar-refractivity contribution < 1.29 is 9.18 Å². The number of piperazine rings is 1. The van der Waals surface area contributed by atoms with Crippen molar-refractivity contribution in [1.82, 2.24) is 24.8 Å². The predicted octanol–water partition coefficient (Wildman–Crippen LogP) is 1.41. The summed E-state index contributed by atoms with van der Waals surface area (Å²) in [4.78, 5) is 31.0. The highest BCUT2D eigenvalue weighted by atomic mass is 19.1. The SMILES string of the molecule is CCc1cn2ncc(CN3CCN(c4ccc(C(=O)NC)cc4F)CC3)c2[nH]c1=O. The van der Waals surface area contributed by atoms with Gasteiger partial charge in [0.2, 0.25) is 0 Å². The number of hydrogen-bond acceptors (Lipinski definition) is 5. The van der Waals surface area contributed by atoms with E-state index in [2.05, 4.69) is 20.3 Å². The van der Waals surface area contributed by atoms with Gasteiger partial charge in [0.15, 0.2) is 0 Å². The number of hydrogen-bond donors (Lipinski definition) is 2. The third-order valence-corrected chi connectivity index (χ3v) is 5.60. The van der Waals surface area contributed by atoms with Gasteiger partial charge in [-0.25, -0.2) is 8.91 Å². The third kappa shape index (κ3) is 3.80. The zero-order chi connectivity index (χ0) is 21.3. The van der Waals surface area contributed by atoms with Crippen molar-refractivity contribution in [2.75, 3.05) is 38.1 Å². The van der Waals surface area contributed by atoms with Crippen LogP contribution in [0.25, 0.3) is 5.65 Å². The Bertz CT molecular complexity index is 1130. The summed E-state index contributed by atoms with van der Waals surface area (Å²) >= 11 is 0. The molecule has 4 rings (SSSR count). The van der Waals surface area contributed by atoms with Gasteiger partial charge in [-0.2, -0.15) is 5.10 Å². The number of halogens is 1. The van der Waals surface area contributed by atoms with Gasteiger partial charge >= 0.3 is 0 Å². The smallest absolute Gasteiger partial charge is 0.254 e. The number of anilines is 1. The summed E-state index contributed by atoms with van der Waals surface area (Å²) in [5, 5.41) is 6.87. The van der Waals surface area contributed by atoms with Crippen LogP contribution in [-0.2, 0) is 13.0 Å². The summed E-state index contributed by atoms with van der Waals surface area (Å²) in [6.45, 7) is 5.46. The fourth-order valence-corrected chi connectivity index (χ4v) is 3.83. The molecule has 0 unspecified atom stereocenters. The zero-order valence-corrected chi connectivity index (χ0v) is 17.1. The van der Waals surface area contributed by atoms with Crippen LogP contribution in [-0.4, -0.2) is 58.6 Å². The molecule has 1 saturated heterocycles. The molecule has 2 N–H and O–H groups in total. The van der Waals surface area contributed by atoms with Crippen LogP contribution in [0.3, 0.4) is 0 Å². The van der Waals surface area contributed by atoms with Gasteiger partial charge in [0.1, 0.15) is 11.5 Å². The van der Waals surface area contributed by atoms with Crippen LogP contribution >= 0.6 is 0 Å². The van der Waals surface area contributed by atoms with Crippen molar-refractivity contribution in [3.8, 4) is 0 Å². The molecule has 2 aromatic heterocycles. The van der Waals surface area contributed by atoms with Gasteiger partial charge in [0.05, 0.1) is 11.9 Å². The largest absolute Gasteiger partial charge is 0.367 e. The Hall–Kier alpha value is -3.20. The highest BCUT2D eigenvalue weighted by Crippen LogP contribution is 2.23. The van der Waals surface area contributed by atoms with E-state index in [-0.39, 0.29) is 11.5 Å². The maximum absolute atomic E-state index is 14.5. The number of nitrogens with one attached hydrogen (secondary N) is 2. The van der Waals surface area contributed by atoms with Gasteiger partial charge in [-0.1, -0.05) is 6.92 Å². The summed E-state index contributed by atoms with van der Waals surface area (Å²) in [7, 11) is 1.52. The van der Waals surface area contributed by atoms with Crippen molar-refractivity contribution in [3.05, 3.63) is 63.5 Å². The van der Waals surface area contributed by atoms with Crippen LogP contribution in [0.15, 0.2) is 35.4 Å². The molecule has 3 heterocycles. The van der Waals surface area contributed by atoms with E-state index in [0.717, 1.165) is 24.3 Å². The maximum atomic E-state index is 14.5. The van der Waals surface area contributed by atoms with E-state index < -0.39 is 5.82 Å². The van der Waals surface area contributed by atoms with Crippen LogP contribution in [0.5, 0.6) is 0 Å². The van der Waals surface area contributed by atoms with Crippen molar-refractivity contribution in [1.29, 1.82) is 0 Å². The van der Waals surface area contributed by atoms with Crippen molar-refractivity contribution in [2.45, 2.75) is 19.9 Å². The standard InChI is InChI=1S/C21H25FN6O2/c1-3-14-13-28-19(25-21(14)30)16(11-24-28)12-26-6-8-27(9-7-26)18-5-4-15(10-17(18)22)20(29)23-2/h4-5,10-11,13H,3,6-9,12H2,1-2H3,(H,23,29)(H,25,30). The molecule has 0 atom stereocenters. The topological polar surface area (TPSA) is 85.7 Å². The summed E-state index contributed by atoms with van der Waals surface area (Å²) in [5.41, 5.74) is 3.13. The van der Waals surface area contributed by atoms with E-state index in [1.807, 2.05) is 11.8 Å². The Kier molecular flexibility index (Phi) is 5.54. The molecule has 1 aromatic carbocycles.